The second-order valence-corrected chi connectivity index (χ2v) is 6.81. The van der Waals surface area contributed by atoms with E-state index in [4.69, 9.17) is 0 Å². The van der Waals surface area contributed by atoms with Crippen LogP contribution in [0.4, 0.5) is 0 Å². The van der Waals surface area contributed by atoms with Crippen molar-refractivity contribution in [3.05, 3.63) is 35.9 Å². The maximum Gasteiger partial charge on any atom is 0.0198 e. The Hall–Kier alpha value is -0.860. The van der Waals surface area contributed by atoms with Gasteiger partial charge in [-0.25, -0.2) is 0 Å². The van der Waals surface area contributed by atoms with Gasteiger partial charge < -0.3 is 10.2 Å². The van der Waals surface area contributed by atoms with Crippen LogP contribution in [0.15, 0.2) is 30.3 Å². The SMILES string of the molecule is CCN1CCCC(NC2CCCCC2c2ccccc2)C1. The smallest absolute Gasteiger partial charge is 0.0198 e. The Kier molecular flexibility index (Phi) is 5.32. The minimum atomic E-state index is 0.683. The van der Waals surface area contributed by atoms with Crippen LogP contribution in [0.1, 0.15) is 56.9 Å². The summed E-state index contributed by atoms with van der Waals surface area (Å²) < 4.78 is 0. The molecule has 1 aromatic rings. The molecule has 1 saturated carbocycles. The van der Waals surface area contributed by atoms with Crippen LogP contribution in [0.3, 0.4) is 0 Å². The minimum absolute atomic E-state index is 0.683. The highest BCUT2D eigenvalue weighted by molar-refractivity contribution is 5.22. The molecular weight excluding hydrogens is 256 g/mol. The Balaban J connectivity index is 1.64. The highest BCUT2D eigenvalue weighted by Gasteiger charge is 2.29. The second kappa shape index (κ2) is 7.42. The van der Waals surface area contributed by atoms with E-state index in [0.29, 0.717) is 12.1 Å². The molecule has 2 fully saturated rings. The van der Waals surface area contributed by atoms with E-state index in [2.05, 4.69) is 47.5 Å². The summed E-state index contributed by atoms with van der Waals surface area (Å²) >= 11 is 0. The molecule has 116 valence electrons. The number of benzene rings is 1. The van der Waals surface area contributed by atoms with Gasteiger partial charge in [-0.15, -0.1) is 0 Å². The van der Waals surface area contributed by atoms with Crippen LogP contribution >= 0.6 is 0 Å². The molecule has 0 radical (unpaired) electrons. The summed E-state index contributed by atoms with van der Waals surface area (Å²) in [6.45, 7) is 6.02. The molecule has 3 atom stereocenters. The van der Waals surface area contributed by atoms with E-state index in [9.17, 15) is 0 Å². The van der Waals surface area contributed by atoms with Crippen LogP contribution in [0, 0.1) is 0 Å². The summed E-state index contributed by atoms with van der Waals surface area (Å²) in [7, 11) is 0. The molecule has 0 spiro atoms. The number of piperidine rings is 1. The third-order valence-corrected chi connectivity index (χ3v) is 5.40. The van der Waals surface area contributed by atoms with Crippen molar-refractivity contribution in [1.82, 2.24) is 10.2 Å². The fourth-order valence-corrected chi connectivity index (χ4v) is 4.21. The molecule has 1 saturated heterocycles. The lowest BCUT2D eigenvalue weighted by atomic mass is 9.79. The first-order valence-electron chi connectivity index (χ1n) is 8.90. The molecule has 1 N–H and O–H groups in total. The van der Waals surface area contributed by atoms with Gasteiger partial charge in [0, 0.05) is 18.6 Å². The predicted octanol–water partition coefficient (Wildman–Crippen LogP) is 3.79. The van der Waals surface area contributed by atoms with Crippen molar-refractivity contribution < 1.29 is 0 Å². The summed E-state index contributed by atoms with van der Waals surface area (Å²) in [5.74, 6) is 0.719. The number of nitrogens with one attached hydrogen (secondary N) is 1. The predicted molar refractivity (Wildman–Crippen MR) is 89.7 cm³/mol. The molecule has 3 rings (SSSR count). The quantitative estimate of drug-likeness (QED) is 0.906. The molecule has 1 aliphatic heterocycles. The van der Waals surface area contributed by atoms with Crippen LogP contribution in [0.2, 0.25) is 0 Å². The van der Waals surface area contributed by atoms with Gasteiger partial charge in [-0.3, -0.25) is 0 Å². The van der Waals surface area contributed by atoms with Gasteiger partial charge in [0.25, 0.3) is 0 Å². The van der Waals surface area contributed by atoms with Gasteiger partial charge in [-0.2, -0.15) is 0 Å². The van der Waals surface area contributed by atoms with Crippen molar-refractivity contribution in [2.45, 2.75) is 63.5 Å². The number of hydrogen-bond donors (Lipinski definition) is 1. The van der Waals surface area contributed by atoms with Crippen LogP contribution in [0.5, 0.6) is 0 Å². The summed E-state index contributed by atoms with van der Waals surface area (Å²) in [6.07, 6.45) is 8.20. The van der Waals surface area contributed by atoms with E-state index in [0.717, 1.165) is 5.92 Å². The van der Waals surface area contributed by atoms with Crippen LogP contribution in [0.25, 0.3) is 0 Å². The molecule has 2 nitrogen and oxygen atoms in total. The maximum absolute atomic E-state index is 4.03. The molecule has 21 heavy (non-hydrogen) atoms. The second-order valence-electron chi connectivity index (χ2n) is 6.81. The van der Waals surface area contributed by atoms with Crippen molar-refractivity contribution in [2.24, 2.45) is 0 Å². The van der Waals surface area contributed by atoms with Crippen molar-refractivity contribution in [3.63, 3.8) is 0 Å². The molecule has 0 amide bonds. The van der Waals surface area contributed by atoms with E-state index < -0.39 is 0 Å². The van der Waals surface area contributed by atoms with Crippen molar-refractivity contribution in [3.8, 4) is 0 Å². The number of likely N-dealkylation sites (tertiary alicyclic amines) is 1. The molecule has 1 aliphatic carbocycles. The summed E-state index contributed by atoms with van der Waals surface area (Å²) in [5, 5.41) is 4.03. The monoisotopic (exact) mass is 286 g/mol. The summed E-state index contributed by atoms with van der Waals surface area (Å²) in [5.41, 5.74) is 1.54. The first-order valence-corrected chi connectivity index (χ1v) is 8.90. The molecule has 2 aliphatic rings. The Morgan fingerprint density at radius 1 is 1.05 bits per heavy atom. The molecule has 0 aromatic heterocycles. The van der Waals surface area contributed by atoms with Crippen LogP contribution in [-0.2, 0) is 0 Å². The third kappa shape index (κ3) is 3.87. The zero-order valence-corrected chi connectivity index (χ0v) is 13.4. The van der Waals surface area contributed by atoms with Gasteiger partial charge >= 0.3 is 0 Å². The number of nitrogens with zero attached hydrogens (tertiary/aromatic N) is 1. The molecule has 0 bridgehead atoms. The fraction of sp³-hybridized carbons (Fsp3) is 0.684. The van der Waals surface area contributed by atoms with E-state index in [1.54, 1.807) is 0 Å². The van der Waals surface area contributed by atoms with Crippen molar-refractivity contribution in [2.75, 3.05) is 19.6 Å². The minimum Gasteiger partial charge on any atom is -0.309 e. The lowest BCUT2D eigenvalue weighted by Crippen LogP contribution is -2.51. The highest BCUT2D eigenvalue weighted by atomic mass is 15.2. The Morgan fingerprint density at radius 3 is 2.67 bits per heavy atom. The largest absolute Gasteiger partial charge is 0.309 e. The van der Waals surface area contributed by atoms with Gasteiger partial charge in [0.15, 0.2) is 0 Å². The molecule has 1 aromatic carbocycles. The van der Waals surface area contributed by atoms with Gasteiger partial charge in [-0.05, 0) is 50.3 Å². The highest BCUT2D eigenvalue weighted by Crippen LogP contribution is 2.33. The molecule has 3 unspecified atom stereocenters. The normalized spacial score (nSPS) is 31.2. The first-order chi connectivity index (χ1) is 10.4. The van der Waals surface area contributed by atoms with Gasteiger partial charge in [0.1, 0.15) is 0 Å². The number of likely N-dealkylation sites (N-methyl/N-ethyl adjacent to an activating group) is 1. The Labute approximate surface area is 129 Å². The van der Waals surface area contributed by atoms with Crippen molar-refractivity contribution >= 4 is 0 Å². The average Bonchev–Trinajstić information content (AvgIpc) is 2.56. The molecular formula is C19H30N2. The first kappa shape index (κ1) is 15.1. The van der Waals surface area contributed by atoms with Crippen LogP contribution < -0.4 is 5.32 Å². The lowest BCUT2D eigenvalue weighted by Gasteiger charge is -2.39. The Morgan fingerprint density at radius 2 is 1.86 bits per heavy atom. The summed E-state index contributed by atoms with van der Waals surface area (Å²) in [6, 6.07) is 12.6. The summed E-state index contributed by atoms with van der Waals surface area (Å²) in [4.78, 5) is 2.60. The van der Waals surface area contributed by atoms with E-state index in [-0.39, 0.29) is 0 Å². The zero-order chi connectivity index (χ0) is 14.5. The number of rotatable bonds is 4. The standard InChI is InChI=1S/C19H30N2/c1-2-21-14-8-11-17(15-21)20-19-13-7-6-12-18(19)16-9-4-3-5-10-16/h3-5,9-10,17-20H,2,6-8,11-15H2,1H3. The fourth-order valence-electron chi connectivity index (χ4n) is 4.21. The van der Waals surface area contributed by atoms with Crippen LogP contribution in [-0.4, -0.2) is 36.6 Å². The molecule has 1 heterocycles. The Bertz CT molecular complexity index is 417. The molecule has 2 heteroatoms. The van der Waals surface area contributed by atoms with Crippen molar-refractivity contribution in [1.29, 1.82) is 0 Å². The topological polar surface area (TPSA) is 15.3 Å². The lowest BCUT2D eigenvalue weighted by molar-refractivity contribution is 0.176. The van der Waals surface area contributed by atoms with Gasteiger partial charge in [0.05, 0.1) is 0 Å². The third-order valence-electron chi connectivity index (χ3n) is 5.40. The van der Waals surface area contributed by atoms with E-state index in [1.165, 1.54) is 63.7 Å². The average molecular weight is 286 g/mol. The zero-order valence-electron chi connectivity index (χ0n) is 13.4. The van der Waals surface area contributed by atoms with E-state index >= 15 is 0 Å². The van der Waals surface area contributed by atoms with Gasteiger partial charge in [0.2, 0.25) is 0 Å². The number of hydrogen-bond acceptors (Lipinski definition) is 2. The van der Waals surface area contributed by atoms with E-state index in [1.807, 2.05) is 0 Å². The maximum atomic E-state index is 4.03. The van der Waals surface area contributed by atoms with Gasteiger partial charge in [-0.1, -0.05) is 50.1 Å².